The maximum absolute atomic E-state index is 13.0. The van der Waals surface area contributed by atoms with Crippen molar-refractivity contribution in [1.29, 1.82) is 0 Å². The van der Waals surface area contributed by atoms with Gasteiger partial charge in [0.2, 0.25) is 5.91 Å². The molecule has 2 aliphatic heterocycles. The van der Waals surface area contributed by atoms with Crippen LogP contribution in [0.5, 0.6) is 0 Å². The van der Waals surface area contributed by atoms with E-state index in [4.69, 9.17) is 9.47 Å². The molecule has 3 fully saturated rings. The number of carbonyl (C=O) groups excluding carboxylic acids is 1. The Morgan fingerprint density at radius 3 is 3.00 bits per heavy atom. The van der Waals surface area contributed by atoms with Gasteiger partial charge in [0.05, 0.1) is 37.9 Å². The topological polar surface area (TPSA) is 50.8 Å². The van der Waals surface area contributed by atoms with Crippen LogP contribution in [-0.4, -0.2) is 61.9 Å². The smallest absolute Gasteiger partial charge is 0.230 e. The molecule has 0 bridgehead atoms. The first-order chi connectivity index (χ1) is 10.3. The fourth-order valence-electron chi connectivity index (χ4n) is 3.91. The van der Waals surface area contributed by atoms with Crippen molar-refractivity contribution >= 4 is 5.91 Å². The third-order valence-corrected chi connectivity index (χ3v) is 5.07. The average molecular weight is 296 g/mol. The number of hydrogen-bond donors (Lipinski definition) is 1. The number of ether oxygens (including phenoxy) is 2. The van der Waals surface area contributed by atoms with Gasteiger partial charge < -0.3 is 19.7 Å². The molecule has 120 valence electrons. The van der Waals surface area contributed by atoms with Gasteiger partial charge in [0.25, 0.3) is 0 Å². The minimum Gasteiger partial charge on any atom is -0.379 e. The zero-order chi connectivity index (χ0) is 14.7. The monoisotopic (exact) mass is 296 g/mol. The van der Waals surface area contributed by atoms with Crippen molar-refractivity contribution in [2.24, 2.45) is 5.92 Å². The molecule has 1 N–H and O–H groups in total. The van der Waals surface area contributed by atoms with E-state index >= 15 is 0 Å². The van der Waals surface area contributed by atoms with Crippen LogP contribution in [0.2, 0.25) is 0 Å². The molecule has 21 heavy (non-hydrogen) atoms. The standard InChI is InChI=1S/C16H28N2O3/c1-2-7-17-13-11-20-10-12(13)16(19)18-8-9-21-15-6-4-3-5-14(15)18/h12-15,17H,2-11H2,1H3. The second-order valence-corrected chi connectivity index (χ2v) is 6.50. The number of amides is 1. The average Bonchev–Trinajstić information content (AvgIpc) is 3.00. The second kappa shape index (κ2) is 7.07. The first-order valence-electron chi connectivity index (χ1n) is 8.54. The summed E-state index contributed by atoms with van der Waals surface area (Å²) in [4.78, 5) is 15.1. The van der Waals surface area contributed by atoms with Gasteiger partial charge in [-0.3, -0.25) is 4.79 Å². The van der Waals surface area contributed by atoms with E-state index in [0.29, 0.717) is 25.9 Å². The summed E-state index contributed by atoms with van der Waals surface area (Å²) >= 11 is 0. The molecule has 1 amide bonds. The number of nitrogens with zero attached hydrogens (tertiary/aromatic N) is 1. The summed E-state index contributed by atoms with van der Waals surface area (Å²) in [7, 11) is 0. The molecule has 1 saturated carbocycles. The molecule has 5 heteroatoms. The van der Waals surface area contributed by atoms with Crippen molar-refractivity contribution < 1.29 is 14.3 Å². The quantitative estimate of drug-likeness (QED) is 0.846. The lowest BCUT2D eigenvalue weighted by Crippen LogP contribution is -2.58. The Morgan fingerprint density at radius 2 is 2.14 bits per heavy atom. The van der Waals surface area contributed by atoms with E-state index in [9.17, 15) is 4.79 Å². The first-order valence-corrected chi connectivity index (χ1v) is 8.54. The van der Waals surface area contributed by atoms with Crippen LogP contribution in [0.3, 0.4) is 0 Å². The Bertz CT molecular complexity index is 361. The van der Waals surface area contributed by atoms with Crippen LogP contribution in [0.15, 0.2) is 0 Å². The molecule has 0 aromatic heterocycles. The molecule has 4 atom stereocenters. The molecule has 0 aromatic rings. The highest BCUT2D eigenvalue weighted by Gasteiger charge is 2.42. The van der Waals surface area contributed by atoms with Crippen molar-refractivity contribution in [2.45, 2.75) is 57.2 Å². The number of hydrogen-bond acceptors (Lipinski definition) is 4. The third-order valence-electron chi connectivity index (χ3n) is 5.07. The van der Waals surface area contributed by atoms with E-state index in [1.54, 1.807) is 0 Å². The van der Waals surface area contributed by atoms with Gasteiger partial charge >= 0.3 is 0 Å². The predicted octanol–water partition coefficient (Wildman–Crippen LogP) is 1.17. The van der Waals surface area contributed by atoms with Crippen LogP contribution in [0.1, 0.15) is 39.0 Å². The maximum Gasteiger partial charge on any atom is 0.230 e. The van der Waals surface area contributed by atoms with Gasteiger partial charge in [-0.05, 0) is 25.8 Å². The Hall–Kier alpha value is -0.650. The fourth-order valence-corrected chi connectivity index (χ4v) is 3.91. The van der Waals surface area contributed by atoms with Crippen LogP contribution in [0.4, 0.5) is 0 Å². The van der Waals surface area contributed by atoms with Gasteiger partial charge in [0.1, 0.15) is 0 Å². The van der Waals surface area contributed by atoms with Crippen LogP contribution in [0, 0.1) is 5.92 Å². The van der Waals surface area contributed by atoms with Crippen molar-refractivity contribution in [3.8, 4) is 0 Å². The highest BCUT2D eigenvalue weighted by Crippen LogP contribution is 2.30. The van der Waals surface area contributed by atoms with E-state index in [-0.39, 0.29) is 24.0 Å². The van der Waals surface area contributed by atoms with E-state index in [1.807, 2.05) is 0 Å². The van der Waals surface area contributed by atoms with E-state index < -0.39 is 0 Å². The molecule has 0 spiro atoms. The van der Waals surface area contributed by atoms with Gasteiger partial charge in [-0.25, -0.2) is 0 Å². The van der Waals surface area contributed by atoms with Crippen molar-refractivity contribution in [3.05, 3.63) is 0 Å². The molecule has 2 saturated heterocycles. The molecule has 1 aliphatic carbocycles. The van der Waals surface area contributed by atoms with Gasteiger partial charge in [-0.1, -0.05) is 19.8 Å². The Balaban J connectivity index is 1.65. The van der Waals surface area contributed by atoms with Crippen LogP contribution < -0.4 is 5.32 Å². The summed E-state index contributed by atoms with van der Waals surface area (Å²) in [6.07, 6.45) is 5.99. The van der Waals surface area contributed by atoms with Crippen LogP contribution in [-0.2, 0) is 14.3 Å². The lowest BCUT2D eigenvalue weighted by atomic mass is 9.89. The molecule has 3 rings (SSSR count). The lowest BCUT2D eigenvalue weighted by Gasteiger charge is -2.45. The zero-order valence-corrected chi connectivity index (χ0v) is 13.1. The van der Waals surface area contributed by atoms with E-state index in [0.717, 1.165) is 32.4 Å². The Kier molecular flexibility index (Phi) is 5.14. The van der Waals surface area contributed by atoms with Crippen molar-refractivity contribution in [1.82, 2.24) is 10.2 Å². The van der Waals surface area contributed by atoms with E-state index in [1.165, 1.54) is 12.8 Å². The van der Waals surface area contributed by atoms with Gasteiger partial charge in [0.15, 0.2) is 0 Å². The minimum absolute atomic E-state index is 0.0165. The third kappa shape index (κ3) is 3.25. The highest BCUT2D eigenvalue weighted by molar-refractivity contribution is 5.80. The van der Waals surface area contributed by atoms with Crippen molar-refractivity contribution in [2.75, 3.05) is 32.9 Å². The molecule has 0 aromatic carbocycles. The summed E-state index contributed by atoms with van der Waals surface area (Å²) in [5.74, 6) is 0.263. The molecular weight excluding hydrogens is 268 g/mol. The molecule has 3 aliphatic rings. The maximum atomic E-state index is 13.0. The van der Waals surface area contributed by atoms with Crippen molar-refractivity contribution in [3.63, 3.8) is 0 Å². The number of carbonyl (C=O) groups is 1. The van der Waals surface area contributed by atoms with Gasteiger partial charge in [-0.2, -0.15) is 0 Å². The normalized spacial score (nSPS) is 36.5. The van der Waals surface area contributed by atoms with E-state index in [2.05, 4.69) is 17.1 Å². The largest absolute Gasteiger partial charge is 0.379 e. The summed E-state index contributed by atoms with van der Waals surface area (Å²) in [6, 6.07) is 0.481. The number of morpholine rings is 1. The van der Waals surface area contributed by atoms with Gasteiger partial charge in [0, 0.05) is 12.6 Å². The predicted molar refractivity (Wildman–Crippen MR) is 80.1 cm³/mol. The fraction of sp³-hybridized carbons (Fsp3) is 0.938. The molecule has 5 nitrogen and oxygen atoms in total. The summed E-state index contributed by atoms with van der Waals surface area (Å²) in [5.41, 5.74) is 0. The van der Waals surface area contributed by atoms with Crippen LogP contribution in [0.25, 0.3) is 0 Å². The highest BCUT2D eigenvalue weighted by atomic mass is 16.5. The molecular formula is C16H28N2O3. The number of rotatable bonds is 4. The van der Waals surface area contributed by atoms with Crippen LogP contribution >= 0.6 is 0 Å². The Morgan fingerprint density at radius 1 is 1.29 bits per heavy atom. The molecule has 2 heterocycles. The number of fused-ring (bicyclic) bond motifs is 1. The molecule has 0 radical (unpaired) electrons. The Labute approximate surface area is 127 Å². The lowest BCUT2D eigenvalue weighted by molar-refractivity contribution is -0.154. The second-order valence-electron chi connectivity index (χ2n) is 6.50. The number of nitrogens with one attached hydrogen (secondary N) is 1. The summed E-state index contributed by atoms with van der Waals surface area (Å²) in [5, 5.41) is 3.47. The first kappa shape index (κ1) is 15.3. The summed E-state index contributed by atoms with van der Waals surface area (Å²) in [6.45, 7) is 5.76. The van der Waals surface area contributed by atoms with Gasteiger partial charge in [-0.15, -0.1) is 0 Å². The molecule has 4 unspecified atom stereocenters. The SMILES string of the molecule is CCCNC1COCC1C(=O)N1CCOC2CCCCC21. The minimum atomic E-state index is -0.0165. The summed E-state index contributed by atoms with van der Waals surface area (Å²) < 4.78 is 11.4. The zero-order valence-electron chi connectivity index (χ0n) is 13.1.